The van der Waals surface area contributed by atoms with E-state index >= 15 is 0 Å². The predicted octanol–water partition coefficient (Wildman–Crippen LogP) is 16.6. The molecule has 0 radical (unpaired) electrons. The smallest absolute Gasteiger partial charge is 0.235 e. The third-order valence-corrected chi connectivity index (χ3v) is 14.2. The van der Waals surface area contributed by atoms with E-state index in [0.717, 1.165) is 62.1 Å². The molecule has 3 heterocycles. The van der Waals surface area contributed by atoms with E-state index in [1.54, 1.807) is 0 Å². The Kier molecular flexibility index (Phi) is 8.93. The first-order valence-corrected chi connectivity index (χ1v) is 23.7. The summed E-state index contributed by atoms with van der Waals surface area (Å²) >= 11 is 0. The van der Waals surface area contributed by atoms with E-state index in [2.05, 4.69) is 240 Å². The van der Waals surface area contributed by atoms with Gasteiger partial charge < -0.3 is 4.57 Å². The lowest BCUT2D eigenvalue weighted by atomic mass is 9.91. The molecule has 0 N–H and O–H groups in total. The van der Waals surface area contributed by atoms with E-state index in [-0.39, 0.29) is 0 Å². The van der Waals surface area contributed by atoms with E-state index < -0.39 is 0 Å². The van der Waals surface area contributed by atoms with Crippen LogP contribution in [0, 0.1) is 0 Å². The van der Waals surface area contributed by atoms with Crippen molar-refractivity contribution < 1.29 is 0 Å². The molecule has 0 unspecified atom stereocenters. The first-order valence-electron chi connectivity index (χ1n) is 23.7. The SMILES string of the molecule is c1ccc(-c2cc(-c3ccccc3)c3c(c2)-c2cccc(-c4cccc(-n5c6ccccc6c6c7c8ccccc8n(-c8nc(-c9ccccc9)cc(-c9ccccc9)n8)c7ccc65)c4)c2C3)cc1. The van der Waals surface area contributed by atoms with E-state index in [9.17, 15) is 0 Å². The number of hydrogen-bond acceptors (Lipinski definition) is 2. The van der Waals surface area contributed by atoms with Gasteiger partial charge in [0.1, 0.15) is 0 Å². The van der Waals surface area contributed by atoms with Gasteiger partial charge in [0.25, 0.3) is 0 Å². The monoisotopic (exact) mass is 878 g/mol. The van der Waals surface area contributed by atoms with Crippen LogP contribution >= 0.6 is 0 Å². The third-order valence-electron chi connectivity index (χ3n) is 14.2. The summed E-state index contributed by atoms with van der Waals surface area (Å²) in [5.41, 5.74) is 22.3. The zero-order valence-electron chi connectivity index (χ0n) is 37.6. The number of nitrogens with zero attached hydrogens (tertiary/aromatic N) is 4. The average molecular weight is 879 g/mol. The van der Waals surface area contributed by atoms with Gasteiger partial charge in [-0.2, -0.15) is 0 Å². The van der Waals surface area contributed by atoms with E-state index in [1.165, 1.54) is 71.8 Å². The Bertz CT molecular complexity index is 4070. The molecule has 13 aromatic rings. The summed E-state index contributed by atoms with van der Waals surface area (Å²) in [6, 6.07) is 87.6. The number of para-hydroxylation sites is 2. The molecule has 10 aromatic carbocycles. The molecule has 4 heteroatoms. The van der Waals surface area contributed by atoms with Crippen molar-refractivity contribution in [2.24, 2.45) is 0 Å². The standard InChI is InChI=1S/C65H42N4/c1-5-19-42(20-6-1)47-38-53(43-21-7-2-8-22-43)56-40-55-49(31-18-32-50(55)54(56)39-47)46-27-17-28-48(37-46)68-59-33-15-13-29-51(59)63-61(68)35-36-62-64(63)52-30-14-16-34-60(52)69(62)65-66-57(44-23-9-3-10-24-44)41-58(67-65)45-25-11-4-12-26-45/h1-39,41H,40H2. The second-order valence-electron chi connectivity index (χ2n) is 18.1. The normalized spacial score (nSPS) is 12.0. The molecule has 0 amide bonds. The van der Waals surface area contributed by atoms with E-state index in [0.29, 0.717) is 5.95 Å². The molecule has 0 spiro atoms. The lowest BCUT2D eigenvalue weighted by Gasteiger charge is -2.13. The largest absolute Gasteiger partial charge is 0.309 e. The summed E-state index contributed by atoms with van der Waals surface area (Å²) in [6.07, 6.45) is 0.868. The van der Waals surface area contributed by atoms with Crippen molar-refractivity contribution in [1.29, 1.82) is 0 Å². The van der Waals surface area contributed by atoms with Gasteiger partial charge in [-0.25, -0.2) is 9.97 Å². The number of aromatic nitrogens is 4. The summed E-state index contributed by atoms with van der Waals surface area (Å²) < 4.78 is 4.72. The van der Waals surface area contributed by atoms with Crippen LogP contribution in [0.2, 0.25) is 0 Å². The summed E-state index contributed by atoms with van der Waals surface area (Å²) in [4.78, 5) is 10.7. The molecule has 4 nitrogen and oxygen atoms in total. The Balaban J connectivity index is 0.947. The highest BCUT2D eigenvalue weighted by Gasteiger charge is 2.27. The number of hydrogen-bond donors (Lipinski definition) is 0. The Labute approximate surface area is 399 Å². The maximum Gasteiger partial charge on any atom is 0.235 e. The van der Waals surface area contributed by atoms with Gasteiger partial charge in [-0.1, -0.05) is 188 Å². The molecule has 0 fully saturated rings. The highest BCUT2D eigenvalue weighted by atomic mass is 15.2. The minimum absolute atomic E-state index is 0.641. The molecule has 1 aliphatic rings. The highest BCUT2D eigenvalue weighted by Crippen LogP contribution is 2.48. The van der Waals surface area contributed by atoms with Gasteiger partial charge in [-0.05, 0) is 117 Å². The van der Waals surface area contributed by atoms with Crippen molar-refractivity contribution >= 4 is 43.6 Å². The van der Waals surface area contributed by atoms with Crippen LogP contribution in [0.25, 0.3) is 122 Å². The third kappa shape index (κ3) is 6.30. The summed E-state index contributed by atoms with van der Waals surface area (Å²) in [6.45, 7) is 0. The van der Waals surface area contributed by atoms with Gasteiger partial charge >= 0.3 is 0 Å². The van der Waals surface area contributed by atoms with Gasteiger partial charge in [-0.15, -0.1) is 0 Å². The quantitative estimate of drug-likeness (QED) is 0.160. The van der Waals surface area contributed by atoms with Crippen LogP contribution in [0.1, 0.15) is 11.1 Å². The maximum atomic E-state index is 5.33. The first-order chi connectivity index (χ1) is 34.2. The summed E-state index contributed by atoms with van der Waals surface area (Å²) in [5, 5.41) is 4.76. The number of rotatable bonds is 7. The van der Waals surface area contributed by atoms with Crippen LogP contribution in [0.5, 0.6) is 0 Å². The predicted molar refractivity (Wildman–Crippen MR) is 286 cm³/mol. The van der Waals surface area contributed by atoms with Crippen molar-refractivity contribution in [2.45, 2.75) is 6.42 Å². The van der Waals surface area contributed by atoms with Crippen LogP contribution in [0.4, 0.5) is 0 Å². The van der Waals surface area contributed by atoms with Crippen molar-refractivity contribution in [3.8, 4) is 78.7 Å². The van der Waals surface area contributed by atoms with Crippen molar-refractivity contribution in [1.82, 2.24) is 19.1 Å². The van der Waals surface area contributed by atoms with Gasteiger partial charge in [0.15, 0.2) is 0 Å². The molecule has 1 aliphatic carbocycles. The topological polar surface area (TPSA) is 35.6 Å². The Morgan fingerprint density at radius 2 is 0.768 bits per heavy atom. The molecular formula is C65H42N4. The zero-order chi connectivity index (χ0) is 45.4. The van der Waals surface area contributed by atoms with Crippen LogP contribution < -0.4 is 0 Å². The fourth-order valence-electron chi connectivity index (χ4n) is 11.1. The van der Waals surface area contributed by atoms with Crippen molar-refractivity contribution in [2.75, 3.05) is 0 Å². The molecule has 0 bridgehead atoms. The van der Waals surface area contributed by atoms with Crippen LogP contribution in [-0.2, 0) is 6.42 Å². The Morgan fingerprint density at radius 3 is 1.41 bits per heavy atom. The molecule has 0 saturated carbocycles. The van der Waals surface area contributed by atoms with Gasteiger partial charge in [0.05, 0.1) is 33.5 Å². The van der Waals surface area contributed by atoms with Crippen LogP contribution in [0.3, 0.4) is 0 Å². The molecule has 3 aromatic heterocycles. The van der Waals surface area contributed by atoms with Crippen LogP contribution in [-0.4, -0.2) is 19.1 Å². The zero-order valence-corrected chi connectivity index (χ0v) is 37.6. The molecular weight excluding hydrogens is 837 g/mol. The van der Waals surface area contributed by atoms with Crippen molar-refractivity contribution in [3.05, 3.63) is 254 Å². The van der Waals surface area contributed by atoms with Crippen molar-refractivity contribution in [3.63, 3.8) is 0 Å². The number of fused-ring (bicyclic) bond motifs is 10. The minimum atomic E-state index is 0.641. The van der Waals surface area contributed by atoms with E-state index in [4.69, 9.17) is 9.97 Å². The fraction of sp³-hybridized carbons (Fsp3) is 0.0154. The molecule has 0 atom stereocenters. The number of benzene rings is 10. The Hall–Kier alpha value is -9.12. The second kappa shape index (κ2) is 15.8. The lowest BCUT2D eigenvalue weighted by molar-refractivity contribution is 0.996. The second-order valence-corrected chi connectivity index (χ2v) is 18.1. The van der Waals surface area contributed by atoms with E-state index in [1.807, 2.05) is 12.1 Å². The average Bonchev–Trinajstić information content (AvgIpc) is 4.09. The molecule has 0 aliphatic heterocycles. The first kappa shape index (κ1) is 39.1. The molecule has 0 saturated heterocycles. The highest BCUT2D eigenvalue weighted by molar-refractivity contribution is 6.28. The van der Waals surface area contributed by atoms with Gasteiger partial charge in [0.2, 0.25) is 5.95 Å². The fourth-order valence-corrected chi connectivity index (χ4v) is 11.1. The summed E-state index contributed by atoms with van der Waals surface area (Å²) in [5.74, 6) is 0.641. The molecule has 14 rings (SSSR count). The Morgan fingerprint density at radius 1 is 0.290 bits per heavy atom. The van der Waals surface area contributed by atoms with Gasteiger partial charge in [0, 0.05) is 38.4 Å². The van der Waals surface area contributed by atoms with Crippen LogP contribution in [0.15, 0.2) is 243 Å². The lowest BCUT2D eigenvalue weighted by Crippen LogP contribution is -2.04. The minimum Gasteiger partial charge on any atom is -0.309 e. The molecule has 69 heavy (non-hydrogen) atoms. The maximum absolute atomic E-state index is 5.33. The molecule has 322 valence electrons. The van der Waals surface area contributed by atoms with Gasteiger partial charge in [-0.3, -0.25) is 4.57 Å². The summed E-state index contributed by atoms with van der Waals surface area (Å²) in [7, 11) is 0.